The monoisotopic (exact) mass is 424 g/mol. The number of carbonyl (C=O) groups excluding carboxylic acids is 2. The number of carboxylic acids is 2. The lowest BCUT2D eigenvalue weighted by atomic mass is 10.0. The molecule has 0 spiro atoms. The molecule has 160 valence electrons. The molecule has 0 aliphatic carbocycles. The lowest BCUT2D eigenvalue weighted by Gasteiger charge is -2.28. The summed E-state index contributed by atoms with van der Waals surface area (Å²) in [5, 5.41) is 29.7. The predicted molar refractivity (Wildman–Crippen MR) is 109 cm³/mol. The number of aliphatic hydroxyl groups excluding tert-OH is 1. The number of rotatable bonds is 7. The summed E-state index contributed by atoms with van der Waals surface area (Å²) in [7, 11) is 0. The van der Waals surface area contributed by atoms with E-state index in [-0.39, 0.29) is 30.8 Å². The molecule has 0 saturated carbocycles. The number of nitrogens with one attached hydrogen (secondary N) is 1. The molecular formula is C22H20N2O7. The Morgan fingerprint density at radius 1 is 0.935 bits per heavy atom. The van der Waals surface area contributed by atoms with Crippen LogP contribution in [0.2, 0.25) is 0 Å². The van der Waals surface area contributed by atoms with Crippen molar-refractivity contribution < 1.29 is 34.5 Å². The number of amides is 2. The second kappa shape index (κ2) is 9.12. The predicted octanol–water partition coefficient (Wildman–Crippen LogP) is 1.80. The summed E-state index contributed by atoms with van der Waals surface area (Å²) in [6.07, 6.45) is 0.0928. The first-order valence-electron chi connectivity index (χ1n) is 9.40. The summed E-state index contributed by atoms with van der Waals surface area (Å²) in [5.74, 6) is -4.20. The third-order valence-corrected chi connectivity index (χ3v) is 4.83. The van der Waals surface area contributed by atoms with Crippen LogP contribution in [-0.4, -0.2) is 57.1 Å². The molecule has 0 saturated heterocycles. The van der Waals surface area contributed by atoms with E-state index in [4.69, 9.17) is 10.2 Å². The summed E-state index contributed by atoms with van der Waals surface area (Å²) in [4.78, 5) is 47.8. The van der Waals surface area contributed by atoms with Gasteiger partial charge in [-0.1, -0.05) is 36.4 Å². The SMILES string of the molecule is O=C(O)CNC(=O)C1=C(O)CCN(Cc2ccc(-c3ccc(C(=O)O)cc3)cc2)C1=O. The minimum atomic E-state index is -1.26. The van der Waals surface area contributed by atoms with Crippen LogP contribution in [-0.2, 0) is 20.9 Å². The number of hydrogen-bond donors (Lipinski definition) is 4. The van der Waals surface area contributed by atoms with Crippen LogP contribution in [0.4, 0.5) is 0 Å². The van der Waals surface area contributed by atoms with Gasteiger partial charge < -0.3 is 25.5 Å². The summed E-state index contributed by atoms with van der Waals surface area (Å²) >= 11 is 0. The maximum Gasteiger partial charge on any atom is 0.335 e. The Labute approximate surface area is 177 Å². The Balaban J connectivity index is 1.69. The number of aliphatic carboxylic acids is 1. The highest BCUT2D eigenvalue weighted by Gasteiger charge is 2.32. The van der Waals surface area contributed by atoms with E-state index in [0.29, 0.717) is 0 Å². The zero-order valence-corrected chi connectivity index (χ0v) is 16.4. The quantitative estimate of drug-likeness (QED) is 0.496. The van der Waals surface area contributed by atoms with Gasteiger partial charge in [0.15, 0.2) is 0 Å². The maximum atomic E-state index is 12.7. The minimum Gasteiger partial charge on any atom is -0.511 e. The highest BCUT2D eigenvalue weighted by atomic mass is 16.4. The molecule has 0 unspecified atom stereocenters. The summed E-state index contributed by atoms with van der Waals surface area (Å²) in [6, 6.07) is 13.8. The molecule has 9 heteroatoms. The molecule has 2 aromatic rings. The van der Waals surface area contributed by atoms with Crippen LogP contribution in [0, 0.1) is 0 Å². The first kappa shape index (κ1) is 21.6. The van der Waals surface area contributed by atoms with E-state index in [0.717, 1.165) is 16.7 Å². The van der Waals surface area contributed by atoms with Gasteiger partial charge in [0, 0.05) is 19.5 Å². The van der Waals surface area contributed by atoms with Gasteiger partial charge in [-0.05, 0) is 28.8 Å². The molecule has 0 atom stereocenters. The average Bonchev–Trinajstić information content (AvgIpc) is 2.75. The minimum absolute atomic E-state index is 0.0928. The van der Waals surface area contributed by atoms with Crippen LogP contribution in [0.25, 0.3) is 11.1 Å². The van der Waals surface area contributed by atoms with Gasteiger partial charge in [0.2, 0.25) is 0 Å². The first-order chi connectivity index (χ1) is 14.8. The molecule has 0 aromatic heterocycles. The Morgan fingerprint density at radius 2 is 1.52 bits per heavy atom. The molecule has 9 nitrogen and oxygen atoms in total. The van der Waals surface area contributed by atoms with Crippen molar-refractivity contribution in [2.45, 2.75) is 13.0 Å². The lowest BCUT2D eigenvalue weighted by Crippen LogP contribution is -2.43. The van der Waals surface area contributed by atoms with Crippen LogP contribution in [0.1, 0.15) is 22.3 Å². The molecule has 31 heavy (non-hydrogen) atoms. The van der Waals surface area contributed by atoms with Crippen molar-refractivity contribution >= 4 is 23.8 Å². The molecule has 1 aliphatic rings. The fourth-order valence-corrected chi connectivity index (χ4v) is 3.20. The standard InChI is InChI=1S/C22H20N2O7/c25-17-9-10-24(21(29)19(17)20(28)23-11-18(26)27)12-13-1-3-14(4-2-13)15-5-7-16(8-6-15)22(30)31/h1-8,25H,9-12H2,(H,23,28)(H,26,27)(H,30,31). The van der Waals surface area contributed by atoms with Gasteiger partial charge in [0.1, 0.15) is 17.9 Å². The zero-order valence-electron chi connectivity index (χ0n) is 16.4. The number of carbonyl (C=O) groups is 4. The van der Waals surface area contributed by atoms with Gasteiger partial charge >= 0.3 is 11.9 Å². The van der Waals surface area contributed by atoms with E-state index in [1.165, 1.54) is 17.0 Å². The lowest BCUT2D eigenvalue weighted by molar-refractivity contribution is -0.138. The van der Waals surface area contributed by atoms with Crippen molar-refractivity contribution in [1.29, 1.82) is 0 Å². The van der Waals surface area contributed by atoms with Gasteiger partial charge in [-0.25, -0.2) is 4.79 Å². The van der Waals surface area contributed by atoms with Gasteiger partial charge in [0.25, 0.3) is 11.8 Å². The third kappa shape index (κ3) is 5.08. The fraction of sp³-hybridized carbons (Fsp3) is 0.182. The highest BCUT2D eigenvalue weighted by Crippen LogP contribution is 2.23. The smallest absolute Gasteiger partial charge is 0.335 e. The summed E-state index contributed by atoms with van der Waals surface area (Å²) in [5.41, 5.74) is 2.27. The molecule has 3 rings (SSSR count). The molecule has 2 amide bonds. The molecule has 0 bridgehead atoms. The Morgan fingerprint density at radius 3 is 2.06 bits per heavy atom. The molecule has 4 N–H and O–H groups in total. The van der Waals surface area contributed by atoms with Crippen LogP contribution < -0.4 is 5.32 Å². The Bertz CT molecular complexity index is 1060. The number of nitrogens with zero attached hydrogens (tertiary/aromatic N) is 1. The van der Waals surface area contributed by atoms with Crippen molar-refractivity contribution in [3.8, 4) is 11.1 Å². The van der Waals surface area contributed by atoms with Gasteiger partial charge in [-0.15, -0.1) is 0 Å². The molecular weight excluding hydrogens is 404 g/mol. The second-order valence-corrected chi connectivity index (χ2v) is 6.95. The topological polar surface area (TPSA) is 144 Å². The number of aromatic carboxylic acids is 1. The van der Waals surface area contributed by atoms with E-state index in [2.05, 4.69) is 5.32 Å². The van der Waals surface area contributed by atoms with E-state index in [1.54, 1.807) is 12.1 Å². The molecule has 0 radical (unpaired) electrons. The average molecular weight is 424 g/mol. The zero-order chi connectivity index (χ0) is 22.5. The number of aliphatic hydroxyl groups is 1. The van der Waals surface area contributed by atoms with E-state index >= 15 is 0 Å². The van der Waals surface area contributed by atoms with Gasteiger partial charge in [-0.2, -0.15) is 0 Å². The number of hydrogen-bond acceptors (Lipinski definition) is 5. The van der Waals surface area contributed by atoms with Crippen molar-refractivity contribution in [2.75, 3.05) is 13.1 Å². The normalized spacial score (nSPS) is 13.8. The van der Waals surface area contributed by atoms with Crippen LogP contribution in [0.5, 0.6) is 0 Å². The second-order valence-electron chi connectivity index (χ2n) is 6.95. The van der Waals surface area contributed by atoms with E-state index < -0.39 is 35.9 Å². The molecule has 1 heterocycles. The highest BCUT2D eigenvalue weighted by molar-refractivity contribution is 6.19. The van der Waals surface area contributed by atoms with E-state index in [1.807, 2.05) is 24.3 Å². The fourth-order valence-electron chi connectivity index (χ4n) is 3.20. The van der Waals surface area contributed by atoms with Crippen molar-refractivity contribution in [3.63, 3.8) is 0 Å². The summed E-state index contributed by atoms with van der Waals surface area (Å²) < 4.78 is 0. The Hall–Kier alpha value is -4.14. The van der Waals surface area contributed by atoms with Crippen molar-refractivity contribution in [2.24, 2.45) is 0 Å². The number of carboxylic acid groups (broad SMARTS) is 2. The molecule has 0 fully saturated rings. The van der Waals surface area contributed by atoms with Gasteiger partial charge in [0.05, 0.1) is 5.56 Å². The third-order valence-electron chi connectivity index (χ3n) is 4.83. The number of benzene rings is 2. The van der Waals surface area contributed by atoms with Crippen LogP contribution in [0.15, 0.2) is 59.9 Å². The van der Waals surface area contributed by atoms with E-state index in [9.17, 15) is 24.3 Å². The van der Waals surface area contributed by atoms with Crippen molar-refractivity contribution in [1.82, 2.24) is 10.2 Å². The molecule has 2 aromatic carbocycles. The largest absolute Gasteiger partial charge is 0.511 e. The van der Waals surface area contributed by atoms with Crippen LogP contribution >= 0.6 is 0 Å². The van der Waals surface area contributed by atoms with Crippen molar-refractivity contribution in [3.05, 3.63) is 71.0 Å². The Kier molecular flexibility index (Phi) is 6.35. The summed E-state index contributed by atoms with van der Waals surface area (Å²) in [6.45, 7) is -0.226. The van der Waals surface area contributed by atoms with Crippen LogP contribution in [0.3, 0.4) is 0 Å². The first-order valence-corrected chi connectivity index (χ1v) is 9.40. The maximum absolute atomic E-state index is 12.7. The molecule has 1 aliphatic heterocycles. The van der Waals surface area contributed by atoms with Gasteiger partial charge in [-0.3, -0.25) is 14.4 Å².